The Labute approximate surface area is 124 Å². The number of nitrogens with two attached hydrogens (primary N) is 2. The van der Waals surface area contributed by atoms with Crippen molar-refractivity contribution < 1.29 is 4.79 Å². The summed E-state index contributed by atoms with van der Waals surface area (Å²) in [6.07, 6.45) is 0. The third kappa shape index (κ3) is 4.89. The number of aryl methyl sites for hydroxylation is 1. The molecule has 0 radical (unpaired) electrons. The van der Waals surface area contributed by atoms with Crippen molar-refractivity contribution in [2.45, 2.75) is 20.0 Å². The van der Waals surface area contributed by atoms with E-state index < -0.39 is 0 Å². The summed E-state index contributed by atoms with van der Waals surface area (Å²) in [5, 5.41) is 0. The zero-order chi connectivity index (χ0) is 15.2. The number of nitrogens with zero attached hydrogens (tertiary/aromatic N) is 2. The van der Waals surface area contributed by atoms with Gasteiger partial charge in [-0.3, -0.25) is 14.7 Å². The molecule has 1 aromatic heterocycles. The maximum Gasteiger partial charge on any atom is 0.231 e. The number of benzene rings is 1. The summed E-state index contributed by atoms with van der Waals surface area (Å²) >= 11 is 0. The van der Waals surface area contributed by atoms with Gasteiger partial charge in [-0.2, -0.15) is 0 Å². The second kappa shape index (κ2) is 6.85. The highest BCUT2D eigenvalue weighted by Crippen LogP contribution is 2.12. The molecular formula is C16H20N4O. The number of carbonyl (C=O) groups is 1. The maximum absolute atomic E-state index is 11.3. The van der Waals surface area contributed by atoms with E-state index in [-0.39, 0.29) is 12.5 Å². The van der Waals surface area contributed by atoms with Crippen molar-refractivity contribution >= 4 is 11.6 Å². The molecule has 0 saturated carbocycles. The smallest absolute Gasteiger partial charge is 0.231 e. The molecule has 1 heterocycles. The number of aromatic nitrogens is 1. The van der Waals surface area contributed by atoms with Gasteiger partial charge in [-0.15, -0.1) is 0 Å². The van der Waals surface area contributed by atoms with Crippen LogP contribution in [0.5, 0.6) is 0 Å². The molecule has 0 saturated heterocycles. The molecule has 0 bridgehead atoms. The van der Waals surface area contributed by atoms with Gasteiger partial charge in [-0.25, -0.2) is 0 Å². The Bertz CT molecular complexity index is 580. The molecular weight excluding hydrogens is 264 g/mol. The van der Waals surface area contributed by atoms with Gasteiger partial charge in [0.1, 0.15) is 0 Å². The SMILES string of the molecule is Cc1cccc(CN(CC(N)=O)Cc2cccc(N)c2)n1. The van der Waals surface area contributed by atoms with Gasteiger partial charge in [0.25, 0.3) is 0 Å². The van der Waals surface area contributed by atoms with E-state index in [4.69, 9.17) is 11.5 Å². The molecule has 1 amide bonds. The molecule has 0 aliphatic rings. The Morgan fingerprint density at radius 1 is 1.19 bits per heavy atom. The van der Waals surface area contributed by atoms with Crippen LogP contribution in [-0.2, 0) is 17.9 Å². The monoisotopic (exact) mass is 284 g/mol. The van der Waals surface area contributed by atoms with Gasteiger partial charge >= 0.3 is 0 Å². The lowest BCUT2D eigenvalue weighted by atomic mass is 10.2. The zero-order valence-corrected chi connectivity index (χ0v) is 12.1. The molecule has 0 aliphatic heterocycles. The van der Waals surface area contributed by atoms with Gasteiger partial charge in [-0.05, 0) is 36.8 Å². The summed E-state index contributed by atoms with van der Waals surface area (Å²) < 4.78 is 0. The van der Waals surface area contributed by atoms with Crippen molar-refractivity contribution in [2.24, 2.45) is 5.73 Å². The number of primary amides is 1. The van der Waals surface area contributed by atoms with Crippen LogP contribution in [0.1, 0.15) is 17.0 Å². The van der Waals surface area contributed by atoms with Gasteiger partial charge in [0.2, 0.25) is 5.91 Å². The van der Waals surface area contributed by atoms with E-state index in [1.54, 1.807) is 0 Å². The van der Waals surface area contributed by atoms with E-state index in [0.29, 0.717) is 18.8 Å². The van der Waals surface area contributed by atoms with E-state index in [1.807, 2.05) is 54.3 Å². The van der Waals surface area contributed by atoms with E-state index in [9.17, 15) is 4.79 Å². The summed E-state index contributed by atoms with van der Waals surface area (Å²) in [5.41, 5.74) is 14.7. The number of nitrogen functional groups attached to an aromatic ring is 1. The van der Waals surface area contributed by atoms with Gasteiger partial charge < -0.3 is 11.5 Å². The maximum atomic E-state index is 11.3. The normalized spacial score (nSPS) is 10.8. The standard InChI is InChI=1S/C16H20N4O/c1-12-4-2-7-15(19-12)10-20(11-16(18)21)9-13-5-3-6-14(17)8-13/h2-8H,9-11,17H2,1H3,(H2,18,21). The van der Waals surface area contributed by atoms with Crippen molar-refractivity contribution in [3.63, 3.8) is 0 Å². The summed E-state index contributed by atoms with van der Waals surface area (Å²) in [5.74, 6) is -0.355. The average molecular weight is 284 g/mol. The summed E-state index contributed by atoms with van der Waals surface area (Å²) in [6, 6.07) is 13.5. The van der Waals surface area contributed by atoms with Gasteiger partial charge in [0.15, 0.2) is 0 Å². The van der Waals surface area contributed by atoms with Crippen LogP contribution in [0.25, 0.3) is 0 Å². The lowest BCUT2D eigenvalue weighted by Gasteiger charge is -2.20. The van der Waals surface area contributed by atoms with Crippen molar-refractivity contribution in [3.8, 4) is 0 Å². The highest BCUT2D eigenvalue weighted by atomic mass is 16.1. The number of pyridine rings is 1. The minimum atomic E-state index is -0.355. The second-order valence-corrected chi connectivity index (χ2v) is 5.13. The number of carbonyl (C=O) groups excluding carboxylic acids is 1. The first-order chi connectivity index (χ1) is 10.0. The first-order valence-electron chi connectivity index (χ1n) is 6.80. The number of hydrogen-bond acceptors (Lipinski definition) is 4. The fourth-order valence-electron chi connectivity index (χ4n) is 2.25. The highest BCUT2D eigenvalue weighted by Gasteiger charge is 2.11. The van der Waals surface area contributed by atoms with Crippen LogP contribution in [0.15, 0.2) is 42.5 Å². The first-order valence-corrected chi connectivity index (χ1v) is 6.80. The van der Waals surface area contributed by atoms with E-state index >= 15 is 0 Å². The quantitative estimate of drug-likeness (QED) is 0.786. The lowest BCUT2D eigenvalue weighted by molar-refractivity contribution is -0.119. The van der Waals surface area contributed by atoms with E-state index in [1.165, 1.54) is 0 Å². The van der Waals surface area contributed by atoms with Gasteiger partial charge in [-0.1, -0.05) is 18.2 Å². The predicted octanol–water partition coefficient (Wildman–Crippen LogP) is 1.46. The second-order valence-electron chi connectivity index (χ2n) is 5.13. The van der Waals surface area contributed by atoms with Crippen molar-refractivity contribution in [2.75, 3.05) is 12.3 Å². The Morgan fingerprint density at radius 3 is 2.62 bits per heavy atom. The topological polar surface area (TPSA) is 85.2 Å². The highest BCUT2D eigenvalue weighted by molar-refractivity contribution is 5.75. The van der Waals surface area contributed by atoms with Crippen molar-refractivity contribution in [1.82, 2.24) is 9.88 Å². The van der Waals surface area contributed by atoms with Crippen LogP contribution < -0.4 is 11.5 Å². The Kier molecular flexibility index (Phi) is 4.90. The first kappa shape index (κ1) is 15.0. The minimum absolute atomic E-state index is 0.185. The van der Waals surface area contributed by atoms with Crippen LogP contribution in [0.2, 0.25) is 0 Å². The van der Waals surface area contributed by atoms with Gasteiger partial charge in [0.05, 0.1) is 12.2 Å². The zero-order valence-electron chi connectivity index (χ0n) is 12.1. The minimum Gasteiger partial charge on any atom is -0.399 e. The lowest BCUT2D eigenvalue weighted by Crippen LogP contribution is -2.33. The van der Waals surface area contributed by atoms with Crippen molar-refractivity contribution in [3.05, 3.63) is 59.4 Å². The largest absolute Gasteiger partial charge is 0.399 e. The molecule has 0 fully saturated rings. The third-order valence-electron chi connectivity index (χ3n) is 3.07. The molecule has 110 valence electrons. The summed E-state index contributed by atoms with van der Waals surface area (Å²) in [7, 11) is 0. The van der Waals surface area contributed by atoms with Crippen LogP contribution in [0.4, 0.5) is 5.69 Å². The molecule has 2 rings (SSSR count). The molecule has 0 spiro atoms. The predicted molar refractivity (Wildman–Crippen MR) is 83.1 cm³/mol. The third-order valence-corrected chi connectivity index (χ3v) is 3.07. The summed E-state index contributed by atoms with van der Waals surface area (Å²) in [6.45, 7) is 3.30. The molecule has 21 heavy (non-hydrogen) atoms. The molecule has 5 nitrogen and oxygen atoms in total. The molecule has 2 aromatic rings. The molecule has 0 atom stereocenters. The molecule has 5 heteroatoms. The molecule has 0 aliphatic carbocycles. The van der Waals surface area contributed by atoms with Crippen LogP contribution in [0, 0.1) is 6.92 Å². The average Bonchev–Trinajstić information content (AvgIpc) is 2.37. The number of anilines is 1. The Hall–Kier alpha value is -2.40. The van der Waals surface area contributed by atoms with Crippen molar-refractivity contribution in [1.29, 1.82) is 0 Å². The number of rotatable bonds is 6. The van der Waals surface area contributed by atoms with Crippen LogP contribution >= 0.6 is 0 Å². The number of amides is 1. The van der Waals surface area contributed by atoms with E-state index in [2.05, 4.69) is 4.98 Å². The number of hydrogen-bond donors (Lipinski definition) is 2. The fourth-order valence-corrected chi connectivity index (χ4v) is 2.25. The van der Waals surface area contributed by atoms with Crippen LogP contribution in [-0.4, -0.2) is 22.3 Å². The van der Waals surface area contributed by atoms with E-state index in [0.717, 1.165) is 17.0 Å². The molecule has 4 N–H and O–H groups in total. The molecule has 1 aromatic carbocycles. The van der Waals surface area contributed by atoms with Crippen LogP contribution in [0.3, 0.4) is 0 Å². The Balaban J connectivity index is 2.12. The molecule has 0 unspecified atom stereocenters. The Morgan fingerprint density at radius 2 is 1.95 bits per heavy atom. The fraction of sp³-hybridized carbons (Fsp3) is 0.250. The summed E-state index contributed by atoms with van der Waals surface area (Å²) in [4.78, 5) is 17.7. The van der Waals surface area contributed by atoms with Gasteiger partial charge in [0, 0.05) is 24.5 Å².